The third kappa shape index (κ3) is 4.12. The Hall–Kier alpha value is -2.18. The van der Waals surface area contributed by atoms with E-state index in [1.54, 1.807) is 6.08 Å². The number of aliphatic hydroxyl groups excluding tert-OH is 1. The van der Waals surface area contributed by atoms with Gasteiger partial charge < -0.3 is 19.3 Å². The van der Waals surface area contributed by atoms with Gasteiger partial charge in [0.25, 0.3) is 0 Å². The molecule has 180 valence electrons. The van der Waals surface area contributed by atoms with Crippen LogP contribution in [0.2, 0.25) is 0 Å². The van der Waals surface area contributed by atoms with Crippen LogP contribution in [0.5, 0.6) is 0 Å². The lowest BCUT2D eigenvalue weighted by molar-refractivity contribution is -0.265. The molecule has 0 radical (unpaired) electrons. The van der Waals surface area contributed by atoms with Crippen LogP contribution in [0.25, 0.3) is 6.08 Å². The van der Waals surface area contributed by atoms with Crippen molar-refractivity contribution in [2.75, 3.05) is 6.61 Å². The van der Waals surface area contributed by atoms with E-state index in [0.29, 0.717) is 12.3 Å². The summed E-state index contributed by atoms with van der Waals surface area (Å²) in [7, 11) is 0. The summed E-state index contributed by atoms with van der Waals surface area (Å²) in [6.07, 6.45) is 5.78. The van der Waals surface area contributed by atoms with E-state index in [1.807, 2.05) is 37.3 Å². The smallest absolute Gasteiger partial charge is 0.332 e. The largest absolute Gasteiger partial charge is 0.457 e. The van der Waals surface area contributed by atoms with Crippen LogP contribution in [0.3, 0.4) is 0 Å². The van der Waals surface area contributed by atoms with Crippen molar-refractivity contribution in [3.05, 3.63) is 42.0 Å². The van der Waals surface area contributed by atoms with Crippen LogP contribution < -0.4 is 0 Å². The highest BCUT2D eigenvalue weighted by Crippen LogP contribution is 2.63. The molecule has 0 amide bonds. The molecule has 0 spiro atoms. The minimum atomic E-state index is -0.746. The van der Waals surface area contributed by atoms with E-state index < -0.39 is 36.0 Å². The van der Waals surface area contributed by atoms with Gasteiger partial charge in [-0.2, -0.15) is 0 Å². The summed E-state index contributed by atoms with van der Waals surface area (Å²) < 4.78 is 18.8. The first-order valence-corrected chi connectivity index (χ1v) is 12.2. The van der Waals surface area contributed by atoms with E-state index in [4.69, 9.17) is 14.2 Å². The first-order chi connectivity index (χ1) is 15.7. The Bertz CT molecular complexity index is 895. The molecule has 1 aromatic carbocycles. The van der Waals surface area contributed by atoms with E-state index in [2.05, 4.69) is 20.8 Å². The van der Waals surface area contributed by atoms with Gasteiger partial charge in [-0.15, -0.1) is 0 Å². The van der Waals surface area contributed by atoms with Crippen molar-refractivity contribution in [2.24, 2.45) is 23.7 Å². The zero-order valence-electron chi connectivity index (χ0n) is 20.0. The van der Waals surface area contributed by atoms with E-state index in [9.17, 15) is 14.7 Å². The number of aliphatic hydroxyl groups is 1. The Morgan fingerprint density at radius 3 is 2.58 bits per heavy atom. The van der Waals surface area contributed by atoms with E-state index in [0.717, 1.165) is 24.8 Å². The number of hydrogen-bond donors (Lipinski definition) is 1. The van der Waals surface area contributed by atoms with Gasteiger partial charge in [0.15, 0.2) is 0 Å². The molecule has 33 heavy (non-hydrogen) atoms. The van der Waals surface area contributed by atoms with Crippen LogP contribution in [0.4, 0.5) is 0 Å². The normalized spacial score (nSPS) is 37.3. The Morgan fingerprint density at radius 1 is 1.21 bits per heavy atom. The van der Waals surface area contributed by atoms with Crippen LogP contribution in [0.15, 0.2) is 36.4 Å². The molecule has 2 aliphatic heterocycles. The number of fused-ring (bicyclic) bond motifs is 4. The molecule has 1 N–H and O–H groups in total. The Labute approximate surface area is 196 Å². The van der Waals surface area contributed by atoms with E-state index in [-0.39, 0.29) is 23.7 Å². The fourth-order valence-electron chi connectivity index (χ4n) is 6.64. The van der Waals surface area contributed by atoms with Gasteiger partial charge in [-0.05, 0) is 49.2 Å². The minimum Gasteiger partial charge on any atom is -0.457 e. The Kier molecular flexibility index (Phi) is 6.70. The number of benzene rings is 1. The maximum absolute atomic E-state index is 13.0. The van der Waals surface area contributed by atoms with Gasteiger partial charge in [0.1, 0.15) is 30.0 Å². The molecule has 6 nitrogen and oxygen atoms in total. The maximum atomic E-state index is 13.0. The van der Waals surface area contributed by atoms with Gasteiger partial charge in [0, 0.05) is 18.4 Å². The molecule has 0 aromatic heterocycles. The second-order valence-electron chi connectivity index (χ2n) is 10.3. The Morgan fingerprint density at radius 2 is 1.94 bits per heavy atom. The predicted molar refractivity (Wildman–Crippen MR) is 124 cm³/mol. The molecule has 1 aliphatic carbocycles. The highest BCUT2D eigenvalue weighted by atomic mass is 16.6. The van der Waals surface area contributed by atoms with Gasteiger partial charge in [-0.25, -0.2) is 9.59 Å². The van der Waals surface area contributed by atoms with Crippen LogP contribution in [-0.2, 0) is 23.8 Å². The predicted octanol–water partition coefficient (Wildman–Crippen LogP) is 4.16. The molecule has 3 aliphatic rings. The molecule has 6 heteroatoms. The second-order valence-corrected chi connectivity index (χ2v) is 10.3. The van der Waals surface area contributed by atoms with Gasteiger partial charge in [-0.1, -0.05) is 57.5 Å². The second kappa shape index (κ2) is 9.22. The van der Waals surface area contributed by atoms with Crippen molar-refractivity contribution in [3.63, 3.8) is 0 Å². The van der Waals surface area contributed by atoms with Crippen molar-refractivity contribution in [3.8, 4) is 0 Å². The topological polar surface area (TPSA) is 82.1 Å². The Balaban J connectivity index is 1.67. The van der Waals surface area contributed by atoms with Crippen molar-refractivity contribution < 1.29 is 28.9 Å². The molecule has 1 saturated carbocycles. The van der Waals surface area contributed by atoms with Gasteiger partial charge in [0.05, 0.1) is 0 Å². The van der Waals surface area contributed by atoms with Crippen molar-refractivity contribution in [1.82, 2.24) is 0 Å². The zero-order chi connectivity index (χ0) is 23.8. The summed E-state index contributed by atoms with van der Waals surface area (Å²) in [5.74, 6) is -0.305. The quantitative estimate of drug-likeness (QED) is 0.490. The van der Waals surface area contributed by atoms with Gasteiger partial charge >= 0.3 is 11.9 Å². The number of rotatable bonds is 7. The number of hydrogen-bond acceptors (Lipinski definition) is 6. The molecular formula is C27H36O6. The summed E-state index contributed by atoms with van der Waals surface area (Å²) in [6.45, 7) is 7.72. The number of carbonyl (C=O) groups excluding carboxylic acids is 2. The molecule has 1 aromatic rings. The molecule has 7 atom stereocenters. The minimum absolute atomic E-state index is 0.0459. The molecule has 2 heterocycles. The molecule has 3 fully saturated rings. The third-order valence-electron chi connectivity index (χ3n) is 8.34. The van der Waals surface area contributed by atoms with Crippen LogP contribution in [0, 0.1) is 23.7 Å². The average Bonchev–Trinajstić information content (AvgIpc) is 3.35. The molecule has 2 bridgehead atoms. The van der Waals surface area contributed by atoms with Crippen molar-refractivity contribution in [2.45, 2.75) is 76.8 Å². The van der Waals surface area contributed by atoms with Crippen LogP contribution in [-0.4, -0.2) is 47.1 Å². The fraction of sp³-hybridized carbons (Fsp3) is 0.630. The lowest BCUT2D eigenvalue weighted by atomic mass is 9.68. The van der Waals surface area contributed by atoms with E-state index in [1.165, 1.54) is 6.08 Å². The van der Waals surface area contributed by atoms with Crippen molar-refractivity contribution >= 4 is 18.0 Å². The van der Waals surface area contributed by atoms with E-state index >= 15 is 0 Å². The summed E-state index contributed by atoms with van der Waals surface area (Å²) >= 11 is 0. The van der Waals surface area contributed by atoms with Crippen LogP contribution in [0.1, 0.15) is 58.9 Å². The summed E-state index contributed by atoms with van der Waals surface area (Å²) in [5, 5.41) is 9.29. The third-order valence-corrected chi connectivity index (χ3v) is 8.34. The maximum Gasteiger partial charge on any atom is 0.332 e. The fourth-order valence-corrected chi connectivity index (χ4v) is 6.64. The summed E-state index contributed by atoms with van der Waals surface area (Å²) in [6, 6.07) is 9.66. The monoisotopic (exact) mass is 456 g/mol. The van der Waals surface area contributed by atoms with Crippen molar-refractivity contribution in [1.29, 1.82) is 0 Å². The molecule has 0 unspecified atom stereocenters. The standard InChI is InChI=1S/C27H36O6/c1-5-19-12-13-20-24(19)25(32-22(29)14-11-18-9-7-6-8-10-18)27(17(2)3)15-21(26(20,4)33-27)31-23(30)16-28/h6-11,14,17,19-21,24-25,28H,5,12-13,15-16H2,1-4H3/b14-11+/t19-,20-,21-,24-,25+,26-,27+/m1/s1. The summed E-state index contributed by atoms with van der Waals surface area (Å²) in [5.41, 5.74) is -0.473. The lowest BCUT2D eigenvalue weighted by Crippen LogP contribution is -2.62. The zero-order valence-corrected chi connectivity index (χ0v) is 20.0. The van der Waals surface area contributed by atoms with Gasteiger partial charge in [0.2, 0.25) is 0 Å². The first-order valence-electron chi connectivity index (χ1n) is 12.2. The average molecular weight is 457 g/mol. The SMILES string of the molecule is CC[C@@H]1CC[C@@H]2[C@@H]1[C@H](OC(=O)/C=C/c1ccccc1)[C@@]1(C(C)C)C[C@@H](OC(=O)CO)[C@]2(C)O1. The molecule has 4 rings (SSSR count). The highest BCUT2D eigenvalue weighted by molar-refractivity contribution is 5.87. The van der Waals surface area contributed by atoms with Gasteiger partial charge in [-0.3, -0.25) is 0 Å². The number of ether oxygens (including phenoxy) is 3. The van der Waals surface area contributed by atoms with Crippen LogP contribution >= 0.6 is 0 Å². The first kappa shape index (κ1) is 24.0. The number of carbonyl (C=O) groups is 2. The molecule has 2 saturated heterocycles. The number of esters is 2. The molecular weight excluding hydrogens is 420 g/mol. The highest BCUT2D eigenvalue weighted by Gasteiger charge is 2.72. The summed E-state index contributed by atoms with van der Waals surface area (Å²) in [4.78, 5) is 25.1. The lowest BCUT2D eigenvalue weighted by Gasteiger charge is -2.53.